The van der Waals surface area contributed by atoms with Crippen molar-refractivity contribution in [2.45, 2.75) is 24.5 Å². The summed E-state index contributed by atoms with van der Waals surface area (Å²) in [5, 5.41) is 12.0. The average Bonchev–Trinajstić information content (AvgIpc) is 3.41. The second-order valence-electron chi connectivity index (χ2n) is 7.54. The summed E-state index contributed by atoms with van der Waals surface area (Å²) in [7, 11) is 3.42. The normalized spacial score (nSPS) is 13.5. The Morgan fingerprint density at radius 1 is 1.16 bits per heavy atom. The summed E-state index contributed by atoms with van der Waals surface area (Å²) in [5.41, 5.74) is 2.73. The smallest absolute Gasteiger partial charge is 0.251 e. The fraction of sp³-hybridized carbons (Fsp3) is 0.304. The van der Waals surface area contributed by atoms with Crippen LogP contribution in [0.3, 0.4) is 0 Å². The summed E-state index contributed by atoms with van der Waals surface area (Å²) in [5.74, 6) is 1.42. The first-order valence-corrected chi connectivity index (χ1v) is 11.3. The van der Waals surface area contributed by atoms with E-state index in [1.807, 2.05) is 41.6 Å². The molecule has 0 unspecified atom stereocenters. The van der Waals surface area contributed by atoms with Gasteiger partial charge in [0.2, 0.25) is 5.91 Å². The van der Waals surface area contributed by atoms with Gasteiger partial charge in [0.1, 0.15) is 5.75 Å². The van der Waals surface area contributed by atoms with Crippen LogP contribution in [-0.2, 0) is 18.3 Å². The molecule has 0 saturated heterocycles. The number of ether oxygens (including phenoxy) is 1. The molecule has 32 heavy (non-hydrogen) atoms. The Balaban J connectivity index is 1.36. The highest BCUT2D eigenvalue weighted by molar-refractivity contribution is 7.99. The monoisotopic (exact) mass is 451 g/mol. The topological polar surface area (TPSA) is 89.3 Å². The van der Waals surface area contributed by atoms with E-state index >= 15 is 0 Å². The molecule has 0 bridgehead atoms. The number of nitrogens with zero attached hydrogens (tertiary/aromatic N) is 4. The molecule has 1 atom stereocenters. The van der Waals surface area contributed by atoms with Crippen LogP contribution < -0.4 is 15.0 Å². The molecule has 0 saturated carbocycles. The maximum atomic E-state index is 12.8. The van der Waals surface area contributed by atoms with Gasteiger partial charge in [-0.1, -0.05) is 30.0 Å². The van der Waals surface area contributed by atoms with E-state index in [2.05, 4.69) is 21.6 Å². The SMILES string of the molecule is COc1ccc(C(=O)N[C@@H](C)c2nnc(SCC(=O)N3CCc4ccccc43)n2C)cc1. The van der Waals surface area contributed by atoms with Crippen molar-refractivity contribution in [3.63, 3.8) is 0 Å². The van der Waals surface area contributed by atoms with Crippen LogP contribution in [-0.4, -0.2) is 46.0 Å². The van der Waals surface area contributed by atoms with Crippen LogP contribution in [0.5, 0.6) is 5.75 Å². The zero-order valence-electron chi connectivity index (χ0n) is 18.2. The van der Waals surface area contributed by atoms with E-state index in [0.29, 0.717) is 28.8 Å². The molecule has 2 amide bonds. The lowest BCUT2D eigenvalue weighted by atomic mass is 10.2. The molecule has 1 aliphatic rings. The Morgan fingerprint density at radius 2 is 1.91 bits per heavy atom. The third kappa shape index (κ3) is 4.47. The van der Waals surface area contributed by atoms with Gasteiger partial charge in [-0.25, -0.2) is 0 Å². The first-order chi connectivity index (χ1) is 15.5. The molecule has 1 aromatic heterocycles. The largest absolute Gasteiger partial charge is 0.497 e. The van der Waals surface area contributed by atoms with Gasteiger partial charge in [-0.3, -0.25) is 9.59 Å². The lowest BCUT2D eigenvalue weighted by molar-refractivity contribution is -0.116. The number of benzene rings is 2. The molecule has 0 fully saturated rings. The Morgan fingerprint density at radius 3 is 2.66 bits per heavy atom. The van der Waals surface area contributed by atoms with E-state index in [1.54, 1.807) is 31.4 Å². The molecule has 1 aliphatic heterocycles. The number of rotatable bonds is 7. The molecule has 4 rings (SSSR count). The first-order valence-electron chi connectivity index (χ1n) is 10.3. The average molecular weight is 452 g/mol. The van der Waals surface area contributed by atoms with Gasteiger partial charge >= 0.3 is 0 Å². The zero-order chi connectivity index (χ0) is 22.7. The summed E-state index contributed by atoms with van der Waals surface area (Å²) in [4.78, 5) is 27.1. The van der Waals surface area contributed by atoms with Gasteiger partial charge in [-0.15, -0.1) is 10.2 Å². The number of aromatic nitrogens is 3. The second-order valence-corrected chi connectivity index (χ2v) is 8.48. The fourth-order valence-corrected chi connectivity index (χ4v) is 4.51. The number of para-hydroxylation sites is 1. The third-order valence-electron chi connectivity index (χ3n) is 5.47. The van der Waals surface area contributed by atoms with Crippen molar-refractivity contribution in [1.29, 1.82) is 0 Å². The molecule has 166 valence electrons. The van der Waals surface area contributed by atoms with Crippen molar-refractivity contribution in [2.75, 3.05) is 24.3 Å². The van der Waals surface area contributed by atoms with E-state index in [0.717, 1.165) is 12.1 Å². The number of fused-ring (bicyclic) bond motifs is 1. The number of amides is 2. The molecule has 8 nitrogen and oxygen atoms in total. The fourth-order valence-electron chi connectivity index (χ4n) is 3.72. The van der Waals surface area contributed by atoms with E-state index in [9.17, 15) is 9.59 Å². The van der Waals surface area contributed by atoms with Crippen LogP contribution in [0.15, 0.2) is 53.7 Å². The lowest BCUT2D eigenvalue weighted by Gasteiger charge is -2.17. The van der Waals surface area contributed by atoms with Crippen LogP contribution in [0.4, 0.5) is 5.69 Å². The molecule has 2 aromatic carbocycles. The highest BCUT2D eigenvalue weighted by Crippen LogP contribution is 2.29. The van der Waals surface area contributed by atoms with E-state index in [-0.39, 0.29) is 23.6 Å². The van der Waals surface area contributed by atoms with Gasteiger partial charge in [-0.2, -0.15) is 0 Å². The van der Waals surface area contributed by atoms with Crippen molar-refractivity contribution in [1.82, 2.24) is 20.1 Å². The van der Waals surface area contributed by atoms with E-state index in [4.69, 9.17) is 4.74 Å². The van der Waals surface area contributed by atoms with Gasteiger partial charge in [0.25, 0.3) is 5.91 Å². The second kappa shape index (κ2) is 9.44. The van der Waals surface area contributed by atoms with Crippen LogP contribution in [0.25, 0.3) is 0 Å². The summed E-state index contributed by atoms with van der Waals surface area (Å²) < 4.78 is 6.94. The van der Waals surface area contributed by atoms with Gasteiger partial charge in [-0.05, 0) is 49.2 Å². The molecule has 3 aromatic rings. The molecule has 0 spiro atoms. The molecule has 9 heteroatoms. The maximum absolute atomic E-state index is 12.8. The number of methoxy groups -OCH3 is 1. The molecule has 0 radical (unpaired) electrons. The number of carbonyl (C=O) groups excluding carboxylic acids is 2. The lowest BCUT2D eigenvalue weighted by Crippen LogP contribution is -2.30. The minimum absolute atomic E-state index is 0.0466. The van der Waals surface area contributed by atoms with Gasteiger partial charge in [0.15, 0.2) is 11.0 Å². The maximum Gasteiger partial charge on any atom is 0.251 e. The number of nitrogens with one attached hydrogen (secondary N) is 1. The number of hydrogen-bond acceptors (Lipinski definition) is 6. The summed E-state index contributed by atoms with van der Waals surface area (Å²) >= 11 is 1.35. The van der Waals surface area contributed by atoms with Gasteiger partial charge in [0.05, 0.1) is 18.9 Å². The molecule has 2 heterocycles. The highest BCUT2D eigenvalue weighted by Gasteiger charge is 2.25. The van der Waals surface area contributed by atoms with Crippen LogP contribution >= 0.6 is 11.8 Å². The minimum atomic E-state index is -0.349. The Hall–Kier alpha value is -3.33. The van der Waals surface area contributed by atoms with Gasteiger partial charge in [0, 0.05) is 24.8 Å². The summed E-state index contributed by atoms with van der Waals surface area (Å²) in [6.45, 7) is 2.56. The Bertz CT molecular complexity index is 1130. The predicted molar refractivity (Wildman–Crippen MR) is 123 cm³/mol. The van der Waals surface area contributed by atoms with Crippen LogP contribution in [0.1, 0.15) is 34.7 Å². The quantitative estimate of drug-likeness (QED) is 0.556. The van der Waals surface area contributed by atoms with E-state index in [1.165, 1.54) is 17.3 Å². The predicted octanol–water partition coefficient (Wildman–Crippen LogP) is 3.00. The number of thioether (sulfide) groups is 1. The van der Waals surface area contributed by atoms with Crippen molar-refractivity contribution in [2.24, 2.45) is 7.05 Å². The first kappa shape index (κ1) is 21.9. The number of hydrogen-bond donors (Lipinski definition) is 1. The Labute approximate surface area is 191 Å². The van der Waals surface area contributed by atoms with Crippen LogP contribution in [0.2, 0.25) is 0 Å². The van der Waals surface area contributed by atoms with Crippen molar-refractivity contribution >= 4 is 29.3 Å². The van der Waals surface area contributed by atoms with E-state index < -0.39 is 0 Å². The standard InChI is InChI=1S/C23H25N5O3S/c1-15(24-22(30)17-8-10-18(31-3)11-9-17)21-25-26-23(27(21)2)32-14-20(29)28-13-12-16-6-4-5-7-19(16)28/h4-11,15H,12-14H2,1-3H3,(H,24,30)/t15-/m0/s1. The minimum Gasteiger partial charge on any atom is -0.497 e. The summed E-state index contributed by atoms with van der Waals surface area (Å²) in [6.07, 6.45) is 0.881. The van der Waals surface area contributed by atoms with Crippen LogP contribution in [0, 0.1) is 0 Å². The zero-order valence-corrected chi connectivity index (χ0v) is 19.1. The summed E-state index contributed by atoms with van der Waals surface area (Å²) in [6, 6.07) is 14.6. The van der Waals surface area contributed by atoms with Crippen molar-refractivity contribution in [3.8, 4) is 5.75 Å². The molecular formula is C23H25N5O3S. The highest BCUT2D eigenvalue weighted by atomic mass is 32.2. The molecule has 0 aliphatic carbocycles. The van der Waals surface area contributed by atoms with Gasteiger partial charge < -0.3 is 19.5 Å². The Kier molecular flexibility index (Phi) is 6.45. The van der Waals surface area contributed by atoms with Crippen molar-refractivity contribution < 1.29 is 14.3 Å². The van der Waals surface area contributed by atoms with Crippen molar-refractivity contribution in [3.05, 3.63) is 65.5 Å². The molecular weight excluding hydrogens is 426 g/mol. The number of carbonyl (C=O) groups is 2. The number of anilines is 1. The third-order valence-corrected chi connectivity index (χ3v) is 6.47. The molecule has 1 N–H and O–H groups in total.